The van der Waals surface area contributed by atoms with E-state index in [0.717, 1.165) is 35.6 Å². The molecule has 6 heteroatoms. The van der Waals surface area contributed by atoms with E-state index in [9.17, 15) is 0 Å². The first-order valence-electron chi connectivity index (χ1n) is 11.5. The summed E-state index contributed by atoms with van der Waals surface area (Å²) in [5, 5.41) is 0. The monoisotopic (exact) mass is 456 g/mol. The van der Waals surface area contributed by atoms with Crippen LogP contribution in [-0.4, -0.2) is 30.4 Å². The Hall–Kier alpha value is -3.64. The molecule has 0 atom stereocenters. The second-order valence-corrected chi connectivity index (χ2v) is 9.14. The van der Waals surface area contributed by atoms with E-state index in [4.69, 9.17) is 20.9 Å². The Balaban J connectivity index is 1.41. The first-order valence-corrected chi connectivity index (χ1v) is 11.5. The summed E-state index contributed by atoms with van der Waals surface area (Å²) in [6.45, 7) is 4.43. The number of hydrogen-bond donors (Lipinski definition) is 2. The molecule has 0 saturated heterocycles. The SMILES string of the molecule is CN=CC(=CN)c1ccc(Oc2ccc(C(C)(C)c3ccc(OC4CC(N)C4)cc3)cc2)cn1. The van der Waals surface area contributed by atoms with E-state index in [1.165, 1.54) is 17.3 Å². The number of hydrogen-bond acceptors (Lipinski definition) is 6. The Labute approximate surface area is 201 Å². The van der Waals surface area contributed by atoms with Crippen LogP contribution in [0, 0.1) is 0 Å². The fourth-order valence-electron chi connectivity index (χ4n) is 4.03. The van der Waals surface area contributed by atoms with Crippen molar-refractivity contribution in [3.8, 4) is 17.2 Å². The van der Waals surface area contributed by atoms with Crippen molar-refractivity contribution >= 4 is 11.8 Å². The third-order valence-corrected chi connectivity index (χ3v) is 6.30. The Bertz CT molecular complexity index is 1140. The van der Waals surface area contributed by atoms with Gasteiger partial charge in [-0.05, 0) is 60.4 Å². The maximum atomic E-state index is 5.99. The van der Waals surface area contributed by atoms with E-state index >= 15 is 0 Å². The lowest BCUT2D eigenvalue weighted by atomic mass is 9.78. The summed E-state index contributed by atoms with van der Waals surface area (Å²) in [5.74, 6) is 2.31. The Morgan fingerprint density at radius 1 is 0.941 bits per heavy atom. The van der Waals surface area contributed by atoms with Crippen molar-refractivity contribution in [2.45, 2.75) is 44.2 Å². The van der Waals surface area contributed by atoms with E-state index in [1.54, 1.807) is 19.5 Å². The molecule has 3 aromatic rings. The molecule has 34 heavy (non-hydrogen) atoms. The molecule has 1 fully saturated rings. The molecule has 0 aliphatic heterocycles. The predicted molar refractivity (Wildman–Crippen MR) is 138 cm³/mol. The van der Waals surface area contributed by atoms with Gasteiger partial charge in [0.1, 0.15) is 23.4 Å². The zero-order chi connectivity index (χ0) is 24.1. The van der Waals surface area contributed by atoms with Crippen molar-refractivity contribution in [1.82, 2.24) is 4.98 Å². The van der Waals surface area contributed by atoms with E-state index in [0.29, 0.717) is 5.75 Å². The van der Waals surface area contributed by atoms with Gasteiger partial charge in [-0.2, -0.15) is 0 Å². The third kappa shape index (κ3) is 5.29. The Morgan fingerprint density at radius 3 is 2.03 bits per heavy atom. The van der Waals surface area contributed by atoms with Gasteiger partial charge in [0, 0.05) is 36.5 Å². The fraction of sp³-hybridized carbons (Fsp3) is 0.286. The van der Waals surface area contributed by atoms with Crippen LogP contribution in [-0.2, 0) is 5.41 Å². The lowest BCUT2D eigenvalue weighted by Crippen LogP contribution is -2.43. The number of aromatic nitrogens is 1. The summed E-state index contributed by atoms with van der Waals surface area (Å²) in [6.07, 6.45) is 6.95. The van der Waals surface area contributed by atoms with Gasteiger partial charge in [0.05, 0.1) is 11.9 Å². The van der Waals surface area contributed by atoms with Crippen LogP contribution < -0.4 is 20.9 Å². The molecule has 0 spiro atoms. The quantitative estimate of drug-likeness (QED) is 0.462. The number of benzene rings is 2. The second-order valence-electron chi connectivity index (χ2n) is 9.14. The molecule has 176 valence electrons. The molecule has 6 nitrogen and oxygen atoms in total. The highest BCUT2D eigenvalue weighted by molar-refractivity contribution is 6.08. The molecular formula is C28H32N4O2. The van der Waals surface area contributed by atoms with Crippen molar-refractivity contribution in [3.05, 3.63) is 89.9 Å². The Kier molecular flexibility index (Phi) is 6.98. The minimum absolute atomic E-state index is 0.162. The standard InChI is InChI=1S/C28H32N4O2/c1-28(2,21-6-10-24(11-7-21)34-26-14-22(30)15-26)20-4-8-23(9-5-20)33-25-12-13-27(32-18-25)19(16-29)17-31-3/h4-13,16-18,22,26H,14-15,29-30H2,1-3H3. The zero-order valence-electron chi connectivity index (χ0n) is 19.9. The van der Waals surface area contributed by atoms with Crippen molar-refractivity contribution < 1.29 is 9.47 Å². The molecule has 0 unspecified atom stereocenters. The molecule has 1 aromatic heterocycles. The van der Waals surface area contributed by atoms with Crippen molar-refractivity contribution in [2.24, 2.45) is 16.5 Å². The molecule has 4 N–H and O–H groups in total. The molecule has 1 saturated carbocycles. The molecular weight excluding hydrogens is 424 g/mol. The molecule has 1 aliphatic rings. The van der Waals surface area contributed by atoms with E-state index in [-0.39, 0.29) is 17.6 Å². The highest BCUT2D eigenvalue weighted by Crippen LogP contribution is 2.34. The highest BCUT2D eigenvalue weighted by atomic mass is 16.5. The van der Waals surface area contributed by atoms with Crippen LogP contribution in [0.5, 0.6) is 17.2 Å². The summed E-state index contributed by atoms with van der Waals surface area (Å²) < 4.78 is 12.0. The molecule has 0 radical (unpaired) electrons. The van der Waals surface area contributed by atoms with Crippen LogP contribution >= 0.6 is 0 Å². The van der Waals surface area contributed by atoms with E-state index in [1.807, 2.05) is 36.4 Å². The number of aliphatic imine (C=N–C) groups is 1. The van der Waals surface area contributed by atoms with Crippen molar-refractivity contribution in [1.29, 1.82) is 0 Å². The summed E-state index contributed by atoms with van der Waals surface area (Å²) in [7, 11) is 1.70. The fourth-order valence-corrected chi connectivity index (χ4v) is 4.03. The number of pyridine rings is 1. The second kappa shape index (κ2) is 10.1. The molecule has 2 aromatic carbocycles. The first-order chi connectivity index (χ1) is 16.4. The minimum atomic E-state index is -0.162. The number of rotatable bonds is 8. The topological polar surface area (TPSA) is 95.8 Å². The number of nitrogens with two attached hydrogens (primary N) is 2. The summed E-state index contributed by atoms with van der Waals surface area (Å²) in [4.78, 5) is 8.41. The maximum absolute atomic E-state index is 5.99. The van der Waals surface area contributed by atoms with Crippen LogP contribution in [0.15, 0.2) is 78.1 Å². The lowest BCUT2D eigenvalue weighted by Gasteiger charge is -2.33. The van der Waals surface area contributed by atoms with Gasteiger partial charge in [-0.3, -0.25) is 9.98 Å². The Morgan fingerprint density at radius 2 is 1.53 bits per heavy atom. The smallest absolute Gasteiger partial charge is 0.145 e. The van der Waals surface area contributed by atoms with Crippen LogP contribution in [0.3, 0.4) is 0 Å². The van der Waals surface area contributed by atoms with Crippen LogP contribution in [0.4, 0.5) is 0 Å². The van der Waals surface area contributed by atoms with Gasteiger partial charge in [0.15, 0.2) is 0 Å². The van der Waals surface area contributed by atoms with Crippen LogP contribution in [0.1, 0.15) is 43.5 Å². The average molecular weight is 457 g/mol. The average Bonchev–Trinajstić information content (AvgIpc) is 2.83. The van der Waals surface area contributed by atoms with Crippen molar-refractivity contribution in [3.63, 3.8) is 0 Å². The molecule has 0 amide bonds. The molecule has 1 heterocycles. The lowest BCUT2D eigenvalue weighted by molar-refractivity contribution is 0.101. The number of nitrogens with zero attached hydrogens (tertiary/aromatic N) is 2. The van der Waals surface area contributed by atoms with Gasteiger partial charge < -0.3 is 20.9 Å². The van der Waals surface area contributed by atoms with Crippen LogP contribution in [0.2, 0.25) is 0 Å². The summed E-state index contributed by atoms with van der Waals surface area (Å²) in [6, 6.07) is 20.6. The number of ether oxygens (including phenoxy) is 2. The molecule has 0 bridgehead atoms. The summed E-state index contributed by atoms with van der Waals surface area (Å²) in [5.41, 5.74) is 15.3. The van der Waals surface area contributed by atoms with Gasteiger partial charge >= 0.3 is 0 Å². The van der Waals surface area contributed by atoms with E-state index < -0.39 is 0 Å². The van der Waals surface area contributed by atoms with Gasteiger partial charge in [-0.15, -0.1) is 0 Å². The maximum Gasteiger partial charge on any atom is 0.145 e. The van der Waals surface area contributed by atoms with Gasteiger partial charge in [0.2, 0.25) is 0 Å². The predicted octanol–water partition coefficient (Wildman–Crippen LogP) is 5.07. The van der Waals surface area contributed by atoms with E-state index in [2.05, 4.69) is 48.1 Å². The normalized spacial score (nSPS) is 18.5. The first kappa shape index (κ1) is 23.5. The highest BCUT2D eigenvalue weighted by Gasteiger charge is 2.28. The molecule has 1 aliphatic carbocycles. The van der Waals surface area contributed by atoms with Gasteiger partial charge in [0.25, 0.3) is 0 Å². The summed E-state index contributed by atoms with van der Waals surface area (Å²) >= 11 is 0. The third-order valence-electron chi connectivity index (χ3n) is 6.30. The number of allylic oxidation sites excluding steroid dienone is 1. The van der Waals surface area contributed by atoms with Gasteiger partial charge in [-0.25, -0.2) is 0 Å². The van der Waals surface area contributed by atoms with Crippen LogP contribution in [0.25, 0.3) is 5.57 Å². The van der Waals surface area contributed by atoms with Gasteiger partial charge in [-0.1, -0.05) is 38.1 Å². The molecule has 4 rings (SSSR count). The minimum Gasteiger partial charge on any atom is -0.490 e. The largest absolute Gasteiger partial charge is 0.490 e. The van der Waals surface area contributed by atoms with Crippen molar-refractivity contribution in [2.75, 3.05) is 7.05 Å². The zero-order valence-corrected chi connectivity index (χ0v) is 19.9.